The second kappa shape index (κ2) is 13.0. The molecule has 0 aliphatic heterocycles. The van der Waals surface area contributed by atoms with Crippen molar-refractivity contribution in [3.8, 4) is 0 Å². The van der Waals surface area contributed by atoms with E-state index in [1.54, 1.807) is 0 Å². The standard InChI is InChI=1S/C34H56P2/c1-25(29-15-5-6-16-29)35(26(2)30-17-7-8-18-30)33-23-13-14-24-34(33)36(27(3)31-19-9-10-20-31)28(4)32-21-11-12-22-32/h13-14,23-32H,5-12,15-22H2,1-4H3/t25-,26-,27-,28-/m0/s1. The SMILES string of the molecule is C[C@@H](C1CCCC1)P(c1ccccc1P([C@@H](C)C1CCCC1)[C@@H](C)C1CCCC1)[C@@H](C)C1CCCC1. The second-order valence-electron chi connectivity index (χ2n) is 13.4. The van der Waals surface area contributed by atoms with Gasteiger partial charge < -0.3 is 0 Å². The Morgan fingerprint density at radius 2 is 0.667 bits per heavy atom. The van der Waals surface area contributed by atoms with Gasteiger partial charge in [-0.15, -0.1) is 0 Å². The normalized spacial score (nSPS) is 26.4. The van der Waals surface area contributed by atoms with E-state index in [4.69, 9.17) is 0 Å². The van der Waals surface area contributed by atoms with Crippen LogP contribution in [0, 0.1) is 23.7 Å². The minimum absolute atomic E-state index is 0.111. The average Bonchev–Trinajstić information content (AvgIpc) is 3.73. The van der Waals surface area contributed by atoms with Gasteiger partial charge in [-0.25, -0.2) is 0 Å². The molecule has 2 heteroatoms. The number of rotatable bonds is 10. The second-order valence-corrected chi connectivity index (χ2v) is 19.3. The minimum atomic E-state index is -0.111. The quantitative estimate of drug-likeness (QED) is 0.266. The average molecular weight is 527 g/mol. The summed E-state index contributed by atoms with van der Waals surface area (Å²) in [4.78, 5) is 0. The molecule has 4 saturated carbocycles. The van der Waals surface area contributed by atoms with Crippen LogP contribution in [-0.2, 0) is 0 Å². The summed E-state index contributed by atoms with van der Waals surface area (Å²) in [5.74, 6) is 3.94. The first-order valence-corrected chi connectivity index (χ1v) is 19.2. The Morgan fingerprint density at radius 1 is 0.444 bits per heavy atom. The lowest BCUT2D eigenvalue weighted by atomic mass is 10.0. The highest BCUT2D eigenvalue weighted by Gasteiger charge is 2.41. The fraction of sp³-hybridized carbons (Fsp3) is 0.824. The van der Waals surface area contributed by atoms with Crippen LogP contribution < -0.4 is 10.6 Å². The van der Waals surface area contributed by atoms with E-state index >= 15 is 0 Å². The summed E-state index contributed by atoms with van der Waals surface area (Å²) in [7, 11) is -0.222. The number of hydrogen-bond acceptors (Lipinski definition) is 0. The van der Waals surface area contributed by atoms with Crippen LogP contribution in [0.1, 0.15) is 130 Å². The van der Waals surface area contributed by atoms with Crippen molar-refractivity contribution in [1.29, 1.82) is 0 Å². The third-order valence-corrected chi connectivity index (χ3v) is 18.8. The van der Waals surface area contributed by atoms with Crippen LogP contribution in [-0.4, -0.2) is 22.6 Å². The first-order valence-electron chi connectivity index (χ1n) is 16.2. The third-order valence-electron chi connectivity index (χ3n) is 11.5. The molecule has 202 valence electrons. The first kappa shape index (κ1) is 27.6. The van der Waals surface area contributed by atoms with Gasteiger partial charge in [0.2, 0.25) is 0 Å². The van der Waals surface area contributed by atoms with E-state index in [1.165, 1.54) is 103 Å². The van der Waals surface area contributed by atoms with E-state index < -0.39 is 0 Å². The van der Waals surface area contributed by atoms with Gasteiger partial charge in [-0.3, -0.25) is 0 Å². The molecule has 4 aliphatic carbocycles. The Hall–Kier alpha value is 0.0800. The van der Waals surface area contributed by atoms with Crippen molar-refractivity contribution in [1.82, 2.24) is 0 Å². The maximum Gasteiger partial charge on any atom is -0.0158 e. The summed E-state index contributed by atoms with van der Waals surface area (Å²) in [5, 5.41) is 3.79. The molecule has 5 rings (SSSR count). The van der Waals surface area contributed by atoms with E-state index in [-0.39, 0.29) is 15.8 Å². The largest absolute Gasteiger partial charge is 0.0683 e. The Bertz CT molecular complexity index is 684. The van der Waals surface area contributed by atoms with Crippen LogP contribution in [0.3, 0.4) is 0 Å². The van der Waals surface area contributed by atoms with Gasteiger partial charge in [0, 0.05) is 0 Å². The highest BCUT2D eigenvalue weighted by Crippen LogP contribution is 2.60. The predicted octanol–water partition coefficient (Wildman–Crippen LogP) is 10.2. The molecular formula is C34H56P2. The fourth-order valence-corrected chi connectivity index (χ4v) is 17.3. The van der Waals surface area contributed by atoms with Crippen molar-refractivity contribution in [3.63, 3.8) is 0 Å². The lowest BCUT2D eigenvalue weighted by Gasteiger charge is -2.42. The molecule has 0 radical (unpaired) electrons. The predicted molar refractivity (Wildman–Crippen MR) is 165 cm³/mol. The minimum Gasteiger partial charge on any atom is -0.0683 e. The number of benzene rings is 1. The van der Waals surface area contributed by atoms with E-state index in [0.717, 1.165) is 46.3 Å². The van der Waals surface area contributed by atoms with E-state index in [9.17, 15) is 0 Å². The first-order chi connectivity index (χ1) is 17.6. The third kappa shape index (κ3) is 5.96. The topological polar surface area (TPSA) is 0 Å². The van der Waals surface area contributed by atoms with Gasteiger partial charge >= 0.3 is 0 Å². The Morgan fingerprint density at radius 3 is 0.889 bits per heavy atom. The fourth-order valence-electron chi connectivity index (χ4n) is 9.19. The molecular weight excluding hydrogens is 470 g/mol. The van der Waals surface area contributed by atoms with Gasteiger partial charge in [0.1, 0.15) is 0 Å². The van der Waals surface area contributed by atoms with Gasteiger partial charge in [0.15, 0.2) is 0 Å². The molecule has 0 N–H and O–H groups in total. The summed E-state index contributed by atoms with van der Waals surface area (Å²) in [5.41, 5.74) is 3.61. The molecule has 0 spiro atoms. The van der Waals surface area contributed by atoms with Gasteiger partial charge in [-0.1, -0.05) is 119 Å². The Labute approximate surface area is 227 Å². The van der Waals surface area contributed by atoms with Crippen molar-refractivity contribution in [2.75, 3.05) is 0 Å². The van der Waals surface area contributed by atoms with Crippen LogP contribution in [0.4, 0.5) is 0 Å². The van der Waals surface area contributed by atoms with Gasteiger partial charge in [-0.2, -0.15) is 0 Å². The highest BCUT2D eigenvalue weighted by atomic mass is 31.1. The van der Waals surface area contributed by atoms with E-state index in [1.807, 2.05) is 10.6 Å². The van der Waals surface area contributed by atoms with Crippen LogP contribution in [0.2, 0.25) is 0 Å². The molecule has 0 bridgehead atoms. The zero-order valence-corrected chi connectivity index (χ0v) is 25.9. The van der Waals surface area contributed by atoms with Crippen molar-refractivity contribution >= 4 is 26.5 Å². The van der Waals surface area contributed by atoms with E-state index in [2.05, 4.69) is 52.0 Å². The van der Waals surface area contributed by atoms with Crippen LogP contribution in [0.25, 0.3) is 0 Å². The number of hydrogen-bond donors (Lipinski definition) is 0. The zero-order valence-electron chi connectivity index (χ0n) is 24.1. The lowest BCUT2D eigenvalue weighted by molar-refractivity contribution is 0.509. The Kier molecular flexibility index (Phi) is 9.95. The van der Waals surface area contributed by atoms with Crippen molar-refractivity contribution in [2.45, 2.75) is 153 Å². The van der Waals surface area contributed by atoms with Crippen LogP contribution in [0.15, 0.2) is 24.3 Å². The molecule has 0 heterocycles. The van der Waals surface area contributed by atoms with Gasteiger partial charge in [0.25, 0.3) is 0 Å². The molecule has 1 aromatic rings. The summed E-state index contributed by atoms with van der Waals surface area (Å²) < 4.78 is 0. The Balaban J connectivity index is 1.54. The maximum atomic E-state index is 2.72. The van der Waals surface area contributed by atoms with Crippen LogP contribution in [0.5, 0.6) is 0 Å². The van der Waals surface area contributed by atoms with Crippen molar-refractivity contribution in [3.05, 3.63) is 24.3 Å². The smallest absolute Gasteiger partial charge is 0.0158 e. The zero-order chi connectivity index (χ0) is 25.1. The lowest BCUT2D eigenvalue weighted by Crippen LogP contribution is -2.37. The molecule has 0 aromatic heterocycles. The molecule has 0 unspecified atom stereocenters. The van der Waals surface area contributed by atoms with E-state index in [0.29, 0.717) is 0 Å². The molecule has 0 saturated heterocycles. The molecule has 36 heavy (non-hydrogen) atoms. The molecule has 4 fully saturated rings. The van der Waals surface area contributed by atoms with Crippen molar-refractivity contribution < 1.29 is 0 Å². The summed E-state index contributed by atoms with van der Waals surface area (Å²) in [6.07, 6.45) is 23.9. The summed E-state index contributed by atoms with van der Waals surface area (Å²) >= 11 is 0. The van der Waals surface area contributed by atoms with Gasteiger partial charge in [0.05, 0.1) is 0 Å². The molecule has 4 aliphatic rings. The monoisotopic (exact) mass is 526 g/mol. The van der Waals surface area contributed by atoms with Crippen LogP contribution >= 0.6 is 15.8 Å². The maximum absolute atomic E-state index is 2.72. The molecule has 1 aromatic carbocycles. The highest BCUT2D eigenvalue weighted by molar-refractivity contribution is 7.73. The van der Waals surface area contributed by atoms with Crippen molar-refractivity contribution in [2.24, 2.45) is 23.7 Å². The summed E-state index contributed by atoms with van der Waals surface area (Å²) in [6, 6.07) is 10.2. The molecule has 0 nitrogen and oxygen atoms in total. The van der Waals surface area contributed by atoms with Gasteiger partial charge in [-0.05, 0) is 108 Å². The summed E-state index contributed by atoms with van der Waals surface area (Å²) in [6.45, 7) is 10.9. The molecule has 4 atom stereocenters. The molecule has 0 amide bonds.